The summed E-state index contributed by atoms with van der Waals surface area (Å²) in [4.78, 5) is 1.37. The van der Waals surface area contributed by atoms with E-state index in [1.54, 1.807) is 48.5 Å². The van der Waals surface area contributed by atoms with Gasteiger partial charge in [-0.3, -0.25) is 0 Å². The molecular formula is C13H11F2S+. The van der Waals surface area contributed by atoms with Crippen molar-refractivity contribution < 1.29 is 8.78 Å². The third-order valence-electron chi connectivity index (χ3n) is 2.17. The third-order valence-corrected chi connectivity index (χ3v) is 4.09. The summed E-state index contributed by atoms with van der Waals surface area (Å²) in [5, 5.41) is 0. The lowest BCUT2D eigenvalue weighted by molar-refractivity contribution is 0.247. The van der Waals surface area contributed by atoms with Gasteiger partial charge in [0, 0.05) is 0 Å². The fourth-order valence-electron chi connectivity index (χ4n) is 1.48. The van der Waals surface area contributed by atoms with E-state index in [1.165, 1.54) is 0 Å². The largest absolute Gasteiger partial charge is 0.409 e. The van der Waals surface area contributed by atoms with Crippen LogP contribution in [0.2, 0.25) is 0 Å². The van der Waals surface area contributed by atoms with Gasteiger partial charge in [0.15, 0.2) is 9.79 Å². The molecule has 0 unspecified atom stereocenters. The van der Waals surface area contributed by atoms with Crippen LogP contribution < -0.4 is 0 Å². The Morgan fingerprint density at radius 1 is 0.688 bits per heavy atom. The van der Waals surface area contributed by atoms with Crippen molar-refractivity contribution in [1.29, 1.82) is 0 Å². The van der Waals surface area contributed by atoms with Crippen molar-refractivity contribution in [3.05, 3.63) is 60.7 Å². The average Bonchev–Trinajstić information content (AvgIpc) is 2.31. The molecule has 0 heterocycles. The Hall–Kier alpha value is -1.35. The highest BCUT2D eigenvalue weighted by Gasteiger charge is 2.35. The quantitative estimate of drug-likeness (QED) is 0.709. The summed E-state index contributed by atoms with van der Waals surface area (Å²) in [5.41, 5.74) is 0. The second-order valence-electron chi connectivity index (χ2n) is 3.22. The summed E-state index contributed by atoms with van der Waals surface area (Å²) in [6, 6.07) is 17.8. The van der Waals surface area contributed by atoms with Crippen molar-refractivity contribution in [2.45, 2.75) is 15.5 Å². The number of halogens is 2. The molecule has 0 N–H and O–H groups in total. The molecule has 0 spiro atoms. The smallest absolute Gasteiger partial charge is 0.156 e. The van der Waals surface area contributed by atoms with E-state index in [4.69, 9.17) is 0 Å². The minimum atomic E-state index is -2.36. The number of rotatable bonds is 3. The molecular weight excluding hydrogens is 226 g/mol. The van der Waals surface area contributed by atoms with Gasteiger partial charge in [0.25, 0.3) is 0 Å². The second-order valence-corrected chi connectivity index (χ2v) is 5.20. The maximum Gasteiger partial charge on any atom is 0.409 e. The lowest BCUT2D eigenvalue weighted by atomic mass is 10.4. The summed E-state index contributed by atoms with van der Waals surface area (Å²) in [5.74, 6) is -2.36. The van der Waals surface area contributed by atoms with Gasteiger partial charge in [0.2, 0.25) is 0 Å². The maximum atomic E-state index is 13.1. The molecule has 0 saturated carbocycles. The molecule has 0 atom stereocenters. The van der Waals surface area contributed by atoms with Crippen LogP contribution in [0.1, 0.15) is 0 Å². The molecule has 0 radical (unpaired) electrons. The summed E-state index contributed by atoms with van der Waals surface area (Å²) >= 11 is 0. The molecule has 0 saturated heterocycles. The van der Waals surface area contributed by atoms with E-state index in [0.29, 0.717) is 9.79 Å². The number of benzene rings is 2. The van der Waals surface area contributed by atoms with Gasteiger partial charge in [-0.25, -0.2) is 0 Å². The standard InChI is InChI=1S/C13H11F2S/c14-13(15)16(11-7-3-1-4-8-11)12-9-5-2-6-10-12/h1-10,13H/q+1. The van der Waals surface area contributed by atoms with E-state index in [-0.39, 0.29) is 0 Å². The summed E-state index contributed by atoms with van der Waals surface area (Å²) in [6.07, 6.45) is 0. The lowest BCUT2D eigenvalue weighted by Crippen LogP contribution is -2.12. The first kappa shape index (κ1) is 11.1. The SMILES string of the molecule is FC(F)[S+](c1ccccc1)c1ccccc1. The monoisotopic (exact) mass is 237 g/mol. The molecule has 0 bridgehead atoms. The van der Waals surface area contributed by atoms with Gasteiger partial charge < -0.3 is 0 Å². The van der Waals surface area contributed by atoms with Crippen LogP contribution in [-0.2, 0) is 10.9 Å². The molecule has 0 nitrogen and oxygen atoms in total. The van der Waals surface area contributed by atoms with Crippen LogP contribution in [-0.4, -0.2) is 5.76 Å². The molecule has 3 heteroatoms. The van der Waals surface area contributed by atoms with Crippen LogP contribution in [0.5, 0.6) is 0 Å². The highest BCUT2D eigenvalue weighted by molar-refractivity contribution is 7.97. The highest BCUT2D eigenvalue weighted by Crippen LogP contribution is 2.28. The Bertz CT molecular complexity index is 389. The van der Waals surface area contributed by atoms with Crippen molar-refractivity contribution in [3.8, 4) is 0 Å². The molecule has 0 fully saturated rings. The normalized spacial score (nSPS) is 11.0. The summed E-state index contributed by atoms with van der Waals surface area (Å²) in [6.45, 7) is 0. The van der Waals surface area contributed by atoms with Gasteiger partial charge in [-0.15, -0.1) is 0 Å². The van der Waals surface area contributed by atoms with Crippen LogP contribution in [0.25, 0.3) is 0 Å². The zero-order valence-corrected chi connectivity index (χ0v) is 9.33. The molecule has 82 valence electrons. The Labute approximate surface area is 96.3 Å². The van der Waals surface area contributed by atoms with Gasteiger partial charge in [0.05, 0.1) is 0 Å². The Balaban J connectivity index is 2.40. The maximum absolute atomic E-state index is 13.1. The van der Waals surface area contributed by atoms with Crippen LogP contribution in [0.4, 0.5) is 8.78 Å². The van der Waals surface area contributed by atoms with Gasteiger partial charge in [-0.05, 0) is 24.3 Å². The average molecular weight is 237 g/mol. The zero-order chi connectivity index (χ0) is 11.4. The van der Waals surface area contributed by atoms with E-state index < -0.39 is 16.7 Å². The minimum absolute atomic E-state index is 0.684. The van der Waals surface area contributed by atoms with Crippen LogP contribution in [0.15, 0.2) is 70.5 Å². The van der Waals surface area contributed by atoms with Crippen molar-refractivity contribution in [2.75, 3.05) is 0 Å². The van der Waals surface area contributed by atoms with E-state index in [2.05, 4.69) is 0 Å². The fraction of sp³-hybridized carbons (Fsp3) is 0.0769. The van der Waals surface area contributed by atoms with Crippen molar-refractivity contribution in [2.24, 2.45) is 0 Å². The van der Waals surface area contributed by atoms with E-state index in [1.807, 2.05) is 12.1 Å². The van der Waals surface area contributed by atoms with Crippen molar-refractivity contribution in [1.82, 2.24) is 0 Å². The fourth-order valence-corrected chi connectivity index (χ4v) is 3.06. The van der Waals surface area contributed by atoms with E-state index in [0.717, 1.165) is 0 Å². The number of alkyl halides is 2. The molecule has 0 aliphatic carbocycles. The summed E-state index contributed by atoms with van der Waals surface area (Å²) < 4.78 is 26.2. The van der Waals surface area contributed by atoms with Crippen LogP contribution in [0, 0.1) is 0 Å². The first-order chi connectivity index (χ1) is 7.79. The molecule has 2 rings (SSSR count). The van der Waals surface area contributed by atoms with Gasteiger partial charge >= 0.3 is 5.76 Å². The first-order valence-electron chi connectivity index (χ1n) is 4.90. The number of hydrogen-bond donors (Lipinski definition) is 0. The topological polar surface area (TPSA) is 0 Å². The van der Waals surface area contributed by atoms with E-state index >= 15 is 0 Å². The predicted octanol–water partition coefficient (Wildman–Crippen LogP) is 3.95. The van der Waals surface area contributed by atoms with Crippen LogP contribution in [0.3, 0.4) is 0 Å². The molecule has 2 aromatic rings. The molecule has 16 heavy (non-hydrogen) atoms. The predicted molar refractivity (Wildman–Crippen MR) is 62.8 cm³/mol. The number of hydrogen-bond acceptors (Lipinski definition) is 0. The van der Waals surface area contributed by atoms with Crippen molar-refractivity contribution >= 4 is 10.9 Å². The summed E-state index contributed by atoms with van der Waals surface area (Å²) in [7, 11) is -1.14. The molecule has 0 aliphatic heterocycles. The highest BCUT2D eigenvalue weighted by atomic mass is 32.2. The van der Waals surface area contributed by atoms with Gasteiger partial charge in [-0.1, -0.05) is 36.4 Å². The molecule has 2 aromatic carbocycles. The van der Waals surface area contributed by atoms with Crippen LogP contribution >= 0.6 is 0 Å². The van der Waals surface area contributed by atoms with Gasteiger partial charge in [-0.2, -0.15) is 8.78 Å². The molecule has 0 aliphatic rings. The Morgan fingerprint density at radius 2 is 1.06 bits per heavy atom. The third kappa shape index (κ3) is 2.42. The Morgan fingerprint density at radius 3 is 1.38 bits per heavy atom. The zero-order valence-electron chi connectivity index (χ0n) is 8.52. The van der Waals surface area contributed by atoms with E-state index in [9.17, 15) is 8.78 Å². The molecule has 0 amide bonds. The lowest BCUT2D eigenvalue weighted by Gasteiger charge is -2.05. The second kappa shape index (κ2) is 5.12. The first-order valence-corrected chi connectivity index (χ1v) is 6.19. The Kier molecular flexibility index (Phi) is 3.57. The van der Waals surface area contributed by atoms with Gasteiger partial charge in [0.1, 0.15) is 10.9 Å². The van der Waals surface area contributed by atoms with Crippen molar-refractivity contribution in [3.63, 3.8) is 0 Å². The molecule has 0 aromatic heterocycles. The minimum Gasteiger partial charge on any atom is -0.156 e.